The van der Waals surface area contributed by atoms with E-state index < -0.39 is 0 Å². The molecule has 3 rings (SSSR count). The van der Waals surface area contributed by atoms with Crippen molar-refractivity contribution in [1.82, 2.24) is 0 Å². The number of nitrogens with zero attached hydrogens (tertiary/aromatic N) is 2. The zero-order valence-electron chi connectivity index (χ0n) is 11.8. The van der Waals surface area contributed by atoms with Crippen molar-refractivity contribution in [3.8, 4) is 0 Å². The average Bonchev–Trinajstić information content (AvgIpc) is 2.55. The average molecular weight is 321 g/mol. The Bertz CT molecular complexity index is 590. The minimum absolute atomic E-state index is 0.572. The van der Waals surface area contributed by atoms with Crippen molar-refractivity contribution in [1.29, 1.82) is 0 Å². The van der Waals surface area contributed by atoms with Gasteiger partial charge in [-0.25, -0.2) is 0 Å². The van der Waals surface area contributed by atoms with Crippen molar-refractivity contribution in [2.75, 3.05) is 36.0 Å². The molecule has 0 atom stereocenters. The summed E-state index contributed by atoms with van der Waals surface area (Å²) in [6.45, 7) is 4.06. The Morgan fingerprint density at radius 1 is 0.810 bits per heavy atom. The largest absolute Gasteiger partial charge is 0.368 e. The Morgan fingerprint density at radius 3 is 2.00 bits per heavy atom. The molecule has 0 radical (unpaired) electrons. The highest BCUT2D eigenvalue weighted by molar-refractivity contribution is 6.30. The van der Waals surface area contributed by atoms with Gasteiger partial charge in [-0.2, -0.15) is 0 Å². The van der Waals surface area contributed by atoms with Crippen molar-refractivity contribution in [3.63, 3.8) is 0 Å². The predicted octanol–water partition coefficient (Wildman–Crippen LogP) is 4.41. The minimum Gasteiger partial charge on any atom is -0.368 e. The highest BCUT2D eigenvalue weighted by atomic mass is 35.5. The first kappa shape index (κ1) is 14.6. The highest BCUT2D eigenvalue weighted by Crippen LogP contribution is 2.23. The highest BCUT2D eigenvalue weighted by Gasteiger charge is 2.17. The van der Waals surface area contributed by atoms with Gasteiger partial charge in [0, 0.05) is 48.5 Å². The van der Waals surface area contributed by atoms with Gasteiger partial charge in [0.1, 0.15) is 0 Å². The van der Waals surface area contributed by atoms with Crippen LogP contribution in [-0.2, 0) is 5.88 Å². The molecule has 0 bridgehead atoms. The van der Waals surface area contributed by atoms with Crippen LogP contribution in [0.4, 0.5) is 11.4 Å². The van der Waals surface area contributed by atoms with Crippen LogP contribution in [0, 0.1) is 0 Å². The number of alkyl halides is 1. The molecule has 110 valence electrons. The third kappa shape index (κ3) is 3.45. The molecule has 2 nitrogen and oxygen atoms in total. The fourth-order valence-corrected chi connectivity index (χ4v) is 3.05. The van der Waals surface area contributed by atoms with Gasteiger partial charge in [-0.1, -0.05) is 29.8 Å². The maximum Gasteiger partial charge on any atom is 0.0474 e. The van der Waals surface area contributed by atoms with Crippen LogP contribution in [0.15, 0.2) is 48.5 Å². The Labute approximate surface area is 135 Å². The summed E-state index contributed by atoms with van der Waals surface area (Å²) in [6, 6.07) is 16.6. The van der Waals surface area contributed by atoms with Gasteiger partial charge < -0.3 is 9.80 Å². The fourth-order valence-electron chi connectivity index (χ4n) is 2.69. The molecule has 2 aromatic carbocycles. The normalized spacial score (nSPS) is 15.3. The Hall–Kier alpha value is -1.38. The maximum atomic E-state index is 6.07. The molecule has 1 aliphatic heterocycles. The minimum atomic E-state index is 0.572. The number of benzene rings is 2. The second kappa shape index (κ2) is 6.59. The summed E-state index contributed by atoms with van der Waals surface area (Å²) >= 11 is 11.9. The number of hydrogen-bond donors (Lipinski definition) is 0. The van der Waals surface area contributed by atoms with Gasteiger partial charge in [-0.3, -0.25) is 0 Å². The smallest absolute Gasteiger partial charge is 0.0474 e. The number of anilines is 2. The maximum absolute atomic E-state index is 6.07. The Kier molecular flexibility index (Phi) is 4.57. The molecule has 1 aliphatic rings. The molecule has 0 aromatic heterocycles. The molecule has 0 unspecified atom stereocenters. The molecule has 0 amide bonds. The lowest BCUT2D eigenvalue weighted by molar-refractivity contribution is 0.653. The molecule has 1 fully saturated rings. The molecular formula is C17H18Cl2N2. The van der Waals surface area contributed by atoms with Crippen molar-refractivity contribution in [3.05, 3.63) is 59.1 Å². The number of halogens is 2. The number of hydrogen-bond acceptors (Lipinski definition) is 2. The van der Waals surface area contributed by atoms with E-state index in [0.717, 1.165) is 36.8 Å². The van der Waals surface area contributed by atoms with Crippen LogP contribution in [0.1, 0.15) is 5.56 Å². The summed E-state index contributed by atoms with van der Waals surface area (Å²) < 4.78 is 0. The summed E-state index contributed by atoms with van der Waals surface area (Å²) in [7, 11) is 0. The van der Waals surface area contributed by atoms with Gasteiger partial charge in [-0.15, -0.1) is 11.6 Å². The predicted molar refractivity (Wildman–Crippen MR) is 91.9 cm³/mol. The standard InChI is InChI=1S/C17H18Cl2N2/c18-13-14-4-6-16(7-5-14)20-8-10-21(11-9-20)17-3-1-2-15(19)12-17/h1-7,12H,8-11,13H2. The van der Waals surface area contributed by atoms with Crippen LogP contribution in [0.2, 0.25) is 5.02 Å². The van der Waals surface area contributed by atoms with Crippen LogP contribution >= 0.6 is 23.2 Å². The van der Waals surface area contributed by atoms with Gasteiger partial charge in [0.05, 0.1) is 0 Å². The van der Waals surface area contributed by atoms with Crippen LogP contribution in [0.25, 0.3) is 0 Å². The summed E-state index contributed by atoms with van der Waals surface area (Å²) in [5, 5.41) is 0.798. The Balaban J connectivity index is 1.64. The number of piperazine rings is 1. The molecule has 2 aromatic rings. The molecule has 0 spiro atoms. The van der Waals surface area contributed by atoms with Gasteiger partial charge in [0.25, 0.3) is 0 Å². The number of rotatable bonds is 3. The van der Waals surface area contributed by atoms with Crippen LogP contribution < -0.4 is 9.80 Å². The van der Waals surface area contributed by atoms with Gasteiger partial charge in [0.2, 0.25) is 0 Å². The molecule has 21 heavy (non-hydrogen) atoms. The van der Waals surface area contributed by atoms with E-state index in [0.29, 0.717) is 5.88 Å². The Morgan fingerprint density at radius 2 is 1.43 bits per heavy atom. The molecular weight excluding hydrogens is 303 g/mol. The first-order valence-electron chi connectivity index (χ1n) is 7.16. The lowest BCUT2D eigenvalue weighted by atomic mass is 10.2. The first-order valence-corrected chi connectivity index (χ1v) is 8.08. The van der Waals surface area contributed by atoms with Crippen molar-refractivity contribution in [2.45, 2.75) is 5.88 Å². The lowest BCUT2D eigenvalue weighted by Gasteiger charge is -2.37. The van der Waals surface area contributed by atoms with E-state index >= 15 is 0 Å². The second-order valence-corrected chi connectivity index (χ2v) is 5.96. The molecule has 0 N–H and O–H groups in total. The molecule has 1 saturated heterocycles. The second-order valence-electron chi connectivity index (χ2n) is 5.25. The summed E-state index contributed by atoms with van der Waals surface area (Å²) in [5.74, 6) is 0.572. The molecule has 4 heteroatoms. The quantitative estimate of drug-likeness (QED) is 0.773. The first-order chi connectivity index (χ1) is 10.3. The van der Waals surface area contributed by atoms with E-state index in [1.807, 2.05) is 18.2 Å². The fraction of sp³-hybridized carbons (Fsp3) is 0.294. The summed E-state index contributed by atoms with van der Waals surface area (Å²) in [5.41, 5.74) is 3.65. The van der Waals surface area contributed by atoms with Crippen LogP contribution in [-0.4, -0.2) is 26.2 Å². The van der Waals surface area contributed by atoms with Crippen LogP contribution in [0.5, 0.6) is 0 Å². The third-order valence-electron chi connectivity index (χ3n) is 3.91. The topological polar surface area (TPSA) is 6.48 Å². The van der Waals surface area contributed by atoms with E-state index in [4.69, 9.17) is 23.2 Å². The zero-order chi connectivity index (χ0) is 14.7. The van der Waals surface area contributed by atoms with Crippen LogP contribution in [0.3, 0.4) is 0 Å². The van der Waals surface area contributed by atoms with E-state index in [1.54, 1.807) is 0 Å². The molecule has 0 aliphatic carbocycles. The third-order valence-corrected chi connectivity index (χ3v) is 4.45. The monoisotopic (exact) mass is 320 g/mol. The summed E-state index contributed by atoms with van der Waals surface area (Å²) in [4.78, 5) is 4.80. The zero-order valence-corrected chi connectivity index (χ0v) is 13.3. The van der Waals surface area contributed by atoms with Gasteiger partial charge in [0.15, 0.2) is 0 Å². The van der Waals surface area contributed by atoms with E-state index in [2.05, 4.69) is 40.1 Å². The van der Waals surface area contributed by atoms with E-state index in [1.165, 1.54) is 11.4 Å². The van der Waals surface area contributed by atoms with Gasteiger partial charge in [-0.05, 0) is 35.9 Å². The SMILES string of the molecule is ClCc1ccc(N2CCN(c3cccc(Cl)c3)CC2)cc1. The summed E-state index contributed by atoms with van der Waals surface area (Å²) in [6.07, 6.45) is 0. The van der Waals surface area contributed by atoms with E-state index in [9.17, 15) is 0 Å². The molecule has 0 saturated carbocycles. The van der Waals surface area contributed by atoms with Crippen molar-refractivity contribution < 1.29 is 0 Å². The van der Waals surface area contributed by atoms with E-state index in [-0.39, 0.29) is 0 Å². The lowest BCUT2D eigenvalue weighted by Crippen LogP contribution is -2.46. The molecule has 1 heterocycles. The van der Waals surface area contributed by atoms with Crippen molar-refractivity contribution in [2.24, 2.45) is 0 Å². The van der Waals surface area contributed by atoms with Crippen molar-refractivity contribution >= 4 is 34.6 Å². The van der Waals surface area contributed by atoms with Gasteiger partial charge >= 0.3 is 0 Å².